The molecule has 1 N–H and O–H groups in total. The summed E-state index contributed by atoms with van der Waals surface area (Å²) in [5.41, 5.74) is 2.32. The molecular formula is C30H35Cl2N3O4S. The van der Waals surface area contributed by atoms with Crippen LogP contribution in [0.5, 0.6) is 0 Å². The largest absolute Gasteiger partial charge is 0.350 e. The Morgan fingerprint density at radius 1 is 0.900 bits per heavy atom. The van der Waals surface area contributed by atoms with Gasteiger partial charge in [-0.15, -0.1) is 0 Å². The van der Waals surface area contributed by atoms with Gasteiger partial charge in [-0.25, -0.2) is 8.42 Å². The van der Waals surface area contributed by atoms with Gasteiger partial charge in [0, 0.05) is 18.5 Å². The van der Waals surface area contributed by atoms with Gasteiger partial charge in [0.25, 0.3) is 0 Å². The molecule has 40 heavy (non-hydrogen) atoms. The van der Waals surface area contributed by atoms with E-state index in [4.69, 9.17) is 23.2 Å². The van der Waals surface area contributed by atoms with E-state index in [1.807, 2.05) is 82.3 Å². The van der Waals surface area contributed by atoms with Gasteiger partial charge in [0.1, 0.15) is 12.6 Å². The fraction of sp³-hybridized carbons (Fsp3) is 0.333. The van der Waals surface area contributed by atoms with Crippen LogP contribution in [-0.2, 0) is 32.6 Å². The van der Waals surface area contributed by atoms with Crippen LogP contribution in [0.3, 0.4) is 0 Å². The number of halogens is 2. The molecule has 0 spiro atoms. The van der Waals surface area contributed by atoms with Crippen molar-refractivity contribution in [3.8, 4) is 0 Å². The SMILES string of the molecule is Cc1cccc(CN(C(=O)CN(c2ccc(Cl)c(Cl)c2)S(C)(=O)=O)[C@@H](Cc2ccccc2)C(=O)NC(C)(C)C)c1. The molecule has 0 radical (unpaired) electrons. The zero-order valence-corrected chi connectivity index (χ0v) is 25.6. The van der Waals surface area contributed by atoms with Crippen molar-refractivity contribution in [1.82, 2.24) is 10.2 Å². The van der Waals surface area contributed by atoms with Crippen molar-refractivity contribution in [2.24, 2.45) is 0 Å². The highest BCUT2D eigenvalue weighted by Crippen LogP contribution is 2.29. The molecule has 214 valence electrons. The van der Waals surface area contributed by atoms with Gasteiger partial charge in [-0.05, 0) is 57.0 Å². The number of hydrogen-bond donors (Lipinski definition) is 1. The summed E-state index contributed by atoms with van der Waals surface area (Å²) < 4.78 is 26.7. The minimum Gasteiger partial charge on any atom is -0.350 e. The summed E-state index contributed by atoms with van der Waals surface area (Å²) in [7, 11) is -3.91. The quantitative estimate of drug-likeness (QED) is 0.326. The molecule has 0 bridgehead atoms. The number of carbonyl (C=O) groups is 2. The number of nitrogens with one attached hydrogen (secondary N) is 1. The van der Waals surface area contributed by atoms with Gasteiger partial charge < -0.3 is 10.2 Å². The van der Waals surface area contributed by atoms with Crippen LogP contribution >= 0.6 is 23.2 Å². The van der Waals surface area contributed by atoms with Gasteiger partial charge in [0.05, 0.1) is 22.0 Å². The van der Waals surface area contributed by atoms with Crippen LogP contribution in [0.1, 0.15) is 37.5 Å². The van der Waals surface area contributed by atoms with Crippen molar-refractivity contribution >= 4 is 50.7 Å². The van der Waals surface area contributed by atoms with E-state index in [1.165, 1.54) is 23.1 Å². The standard InChI is InChI=1S/C30H35Cl2N3O4S/c1-21-10-9-13-23(16-21)19-34(27(29(37)33-30(2,3)4)17-22-11-7-6-8-12-22)28(36)20-35(40(5,38)39)24-14-15-25(31)26(32)18-24/h6-16,18,27H,17,19-20H2,1-5H3,(H,33,37)/t27-/m0/s1. The fourth-order valence-corrected chi connectivity index (χ4v) is 5.40. The molecule has 0 aliphatic carbocycles. The molecule has 1 atom stereocenters. The van der Waals surface area contributed by atoms with E-state index >= 15 is 0 Å². The van der Waals surface area contributed by atoms with Gasteiger partial charge >= 0.3 is 0 Å². The number of anilines is 1. The molecule has 0 heterocycles. The molecule has 2 amide bonds. The third-order valence-electron chi connectivity index (χ3n) is 6.08. The van der Waals surface area contributed by atoms with Crippen molar-refractivity contribution in [2.45, 2.75) is 52.2 Å². The van der Waals surface area contributed by atoms with Crippen LogP contribution in [0, 0.1) is 6.92 Å². The Labute approximate surface area is 247 Å². The van der Waals surface area contributed by atoms with E-state index < -0.39 is 34.1 Å². The first kappa shape index (κ1) is 31.5. The highest BCUT2D eigenvalue weighted by Gasteiger charge is 2.34. The minimum atomic E-state index is -3.91. The van der Waals surface area contributed by atoms with Crippen LogP contribution in [0.15, 0.2) is 72.8 Å². The number of sulfonamides is 1. The highest BCUT2D eigenvalue weighted by atomic mass is 35.5. The second kappa shape index (κ2) is 13.1. The smallest absolute Gasteiger partial charge is 0.244 e. The zero-order valence-electron chi connectivity index (χ0n) is 23.3. The van der Waals surface area contributed by atoms with Crippen LogP contribution in [0.2, 0.25) is 10.0 Å². The summed E-state index contributed by atoms with van der Waals surface area (Å²) in [6.07, 6.45) is 1.26. The summed E-state index contributed by atoms with van der Waals surface area (Å²) in [5.74, 6) is -0.874. The maximum absolute atomic E-state index is 14.1. The molecule has 0 aromatic heterocycles. The van der Waals surface area contributed by atoms with Crippen molar-refractivity contribution < 1.29 is 18.0 Å². The summed E-state index contributed by atoms with van der Waals surface area (Å²) in [4.78, 5) is 29.3. The summed E-state index contributed by atoms with van der Waals surface area (Å²) in [6, 6.07) is 20.5. The normalized spacial score (nSPS) is 12.5. The monoisotopic (exact) mass is 603 g/mol. The minimum absolute atomic E-state index is 0.106. The predicted molar refractivity (Wildman–Crippen MR) is 162 cm³/mol. The van der Waals surface area contributed by atoms with Crippen molar-refractivity contribution in [2.75, 3.05) is 17.1 Å². The average molecular weight is 605 g/mol. The summed E-state index contributed by atoms with van der Waals surface area (Å²) >= 11 is 12.2. The zero-order chi connectivity index (χ0) is 29.7. The molecule has 7 nitrogen and oxygen atoms in total. The Balaban J connectivity index is 2.09. The van der Waals surface area contributed by atoms with Crippen LogP contribution in [-0.4, -0.2) is 49.5 Å². The van der Waals surface area contributed by atoms with Crippen LogP contribution < -0.4 is 9.62 Å². The average Bonchev–Trinajstić information content (AvgIpc) is 2.85. The Morgan fingerprint density at radius 3 is 2.12 bits per heavy atom. The first-order valence-corrected chi connectivity index (χ1v) is 15.4. The maximum Gasteiger partial charge on any atom is 0.244 e. The van der Waals surface area contributed by atoms with Crippen molar-refractivity contribution in [3.05, 3.63) is 99.5 Å². The Bertz CT molecular complexity index is 1460. The van der Waals surface area contributed by atoms with Gasteiger partial charge in [0.15, 0.2) is 0 Å². The second-order valence-electron chi connectivity index (χ2n) is 10.8. The first-order valence-electron chi connectivity index (χ1n) is 12.8. The molecule has 0 saturated carbocycles. The van der Waals surface area contributed by atoms with Gasteiger partial charge in [0.2, 0.25) is 21.8 Å². The fourth-order valence-electron chi connectivity index (χ4n) is 4.27. The predicted octanol–water partition coefficient (Wildman–Crippen LogP) is 5.62. The Morgan fingerprint density at radius 2 is 1.55 bits per heavy atom. The lowest BCUT2D eigenvalue weighted by atomic mass is 10.0. The van der Waals surface area contributed by atoms with Gasteiger partial charge in [-0.3, -0.25) is 13.9 Å². The second-order valence-corrected chi connectivity index (χ2v) is 13.5. The molecule has 0 unspecified atom stereocenters. The molecular weight excluding hydrogens is 569 g/mol. The summed E-state index contributed by atoms with van der Waals surface area (Å²) in [6.45, 7) is 7.12. The number of hydrogen-bond acceptors (Lipinski definition) is 4. The van der Waals surface area contributed by atoms with Crippen LogP contribution in [0.25, 0.3) is 0 Å². The molecule has 3 aromatic rings. The third kappa shape index (κ3) is 8.98. The van der Waals surface area contributed by atoms with E-state index in [9.17, 15) is 18.0 Å². The molecule has 0 saturated heterocycles. The summed E-state index contributed by atoms with van der Waals surface area (Å²) in [5, 5.41) is 3.42. The van der Waals surface area contributed by atoms with E-state index in [0.717, 1.165) is 27.3 Å². The molecule has 0 aliphatic heterocycles. The number of carbonyl (C=O) groups excluding carboxylic acids is 2. The van der Waals surface area contributed by atoms with E-state index in [1.54, 1.807) is 0 Å². The van der Waals surface area contributed by atoms with Crippen molar-refractivity contribution in [3.63, 3.8) is 0 Å². The lowest BCUT2D eigenvalue weighted by molar-refractivity contribution is -0.140. The van der Waals surface area contributed by atoms with E-state index in [2.05, 4.69) is 5.32 Å². The molecule has 10 heteroatoms. The molecule has 0 fully saturated rings. The highest BCUT2D eigenvalue weighted by molar-refractivity contribution is 7.92. The lowest BCUT2D eigenvalue weighted by Crippen LogP contribution is -2.56. The Hall–Kier alpha value is -3.07. The number of amides is 2. The third-order valence-corrected chi connectivity index (χ3v) is 7.95. The maximum atomic E-state index is 14.1. The number of aryl methyl sites for hydroxylation is 1. The topological polar surface area (TPSA) is 86.8 Å². The first-order chi connectivity index (χ1) is 18.6. The van der Waals surface area contributed by atoms with Gasteiger partial charge in [-0.2, -0.15) is 0 Å². The number of benzene rings is 3. The van der Waals surface area contributed by atoms with E-state index in [-0.39, 0.29) is 34.6 Å². The van der Waals surface area contributed by atoms with Crippen molar-refractivity contribution in [1.29, 1.82) is 0 Å². The molecule has 3 aromatic carbocycles. The number of rotatable bonds is 10. The van der Waals surface area contributed by atoms with Crippen LogP contribution in [0.4, 0.5) is 5.69 Å². The van der Waals surface area contributed by atoms with E-state index in [0.29, 0.717) is 0 Å². The molecule has 3 rings (SSSR count). The van der Waals surface area contributed by atoms with Gasteiger partial charge in [-0.1, -0.05) is 83.4 Å². The number of nitrogens with zero attached hydrogens (tertiary/aromatic N) is 2. The molecule has 0 aliphatic rings. The Kier molecular flexibility index (Phi) is 10.3. The lowest BCUT2D eigenvalue weighted by Gasteiger charge is -2.35.